The second kappa shape index (κ2) is 9.00. The minimum atomic E-state index is -0.418. The molecule has 7 nitrogen and oxygen atoms in total. The molecule has 1 aromatic heterocycles. The SMILES string of the molecule is CN(CCCC1CC(c2ccccc2)NN1)C(=O)c1cc2c([nH]c1=O)CC(C)(C)CC2=O. The Balaban J connectivity index is 1.33. The van der Waals surface area contributed by atoms with Gasteiger partial charge in [0.1, 0.15) is 5.56 Å². The van der Waals surface area contributed by atoms with Crippen LogP contribution in [0, 0.1) is 5.41 Å². The molecule has 1 aliphatic heterocycles. The molecule has 1 saturated heterocycles. The van der Waals surface area contributed by atoms with Crippen molar-refractivity contribution in [3.05, 3.63) is 69.1 Å². The van der Waals surface area contributed by atoms with Crippen LogP contribution in [0.2, 0.25) is 0 Å². The molecule has 1 amide bonds. The molecule has 4 rings (SSSR count). The molecule has 3 N–H and O–H groups in total. The fourth-order valence-electron chi connectivity index (χ4n) is 4.78. The first-order valence-electron chi connectivity index (χ1n) is 11.3. The van der Waals surface area contributed by atoms with Gasteiger partial charge in [0.25, 0.3) is 11.5 Å². The molecule has 2 aromatic rings. The maximum Gasteiger partial charge on any atom is 0.261 e. The normalized spacial score (nSPS) is 21.9. The lowest BCUT2D eigenvalue weighted by atomic mass is 9.75. The van der Waals surface area contributed by atoms with Crippen LogP contribution in [-0.2, 0) is 6.42 Å². The van der Waals surface area contributed by atoms with E-state index in [0.717, 1.165) is 19.3 Å². The lowest BCUT2D eigenvalue weighted by molar-refractivity contribution is 0.0789. The highest BCUT2D eigenvalue weighted by Gasteiger charge is 2.33. The zero-order valence-electron chi connectivity index (χ0n) is 19.0. The monoisotopic (exact) mass is 436 g/mol. The quantitative estimate of drug-likeness (QED) is 0.647. The summed E-state index contributed by atoms with van der Waals surface area (Å²) >= 11 is 0. The van der Waals surface area contributed by atoms with E-state index in [-0.39, 0.29) is 28.7 Å². The molecule has 170 valence electrons. The lowest BCUT2D eigenvalue weighted by Crippen LogP contribution is -2.36. The number of hydrazine groups is 1. The number of nitrogens with zero attached hydrogens (tertiary/aromatic N) is 1. The highest BCUT2D eigenvalue weighted by Crippen LogP contribution is 2.33. The van der Waals surface area contributed by atoms with Crippen LogP contribution in [0.3, 0.4) is 0 Å². The van der Waals surface area contributed by atoms with Gasteiger partial charge in [0.15, 0.2) is 5.78 Å². The van der Waals surface area contributed by atoms with Gasteiger partial charge in [0, 0.05) is 43.4 Å². The maximum absolute atomic E-state index is 12.9. The number of hydrogen-bond acceptors (Lipinski definition) is 5. The van der Waals surface area contributed by atoms with Crippen LogP contribution in [0.25, 0.3) is 0 Å². The lowest BCUT2D eigenvalue weighted by Gasteiger charge is -2.30. The average molecular weight is 437 g/mol. The van der Waals surface area contributed by atoms with Crippen LogP contribution in [0.15, 0.2) is 41.2 Å². The van der Waals surface area contributed by atoms with Crippen LogP contribution in [0.4, 0.5) is 0 Å². The number of carbonyl (C=O) groups is 2. The number of pyridine rings is 1. The molecular weight excluding hydrogens is 404 g/mol. The third kappa shape index (κ3) is 4.84. The first-order valence-corrected chi connectivity index (χ1v) is 11.3. The summed E-state index contributed by atoms with van der Waals surface area (Å²) in [6, 6.07) is 12.5. The molecule has 1 fully saturated rings. The minimum Gasteiger partial charge on any atom is -0.342 e. The molecular formula is C25H32N4O3. The van der Waals surface area contributed by atoms with Crippen LogP contribution < -0.4 is 16.4 Å². The molecule has 2 heterocycles. The fraction of sp³-hybridized carbons (Fsp3) is 0.480. The van der Waals surface area contributed by atoms with Gasteiger partial charge < -0.3 is 9.88 Å². The Morgan fingerprint density at radius 1 is 1.12 bits per heavy atom. The molecule has 0 radical (unpaired) electrons. The van der Waals surface area contributed by atoms with Crippen molar-refractivity contribution in [2.75, 3.05) is 13.6 Å². The minimum absolute atomic E-state index is 0.0167. The van der Waals surface area contributed by atoms with Crippen LogP contribution in [-0.4, -0.2) is 41.2 Å². The average Bonchev–Trinajstić information content (AvgIpc) is 3.21. The highest BCUT2D eigenvalue weighted by atomic mass is 16.2. The van der Waals surface area contributed by atoms with Gasteiger partial charge in [-0.3, -0.25) is 25.2 Å². The van der Waals surface area contributed by atoms with Crippen LogP contribution >= 0.6 is 0 Å². The van der Waals surface area contributed by atoms with Gasteiger partial charge in [-0.25, -0.2) is 0 Å². The van der Waals surface area contributed by atoms with E-state index in [9.17, 15) is 14.4 Å². The predicted molar refractivity (Wildman–Crippen MR) is 124 cm³/mol. The number of hydrogen-bond donors (Lipinski definition) is 3. The number of aromatic amines is 1. The van der Waals surface area contributed by atoms with Gasteiger partial charge in [-0.15, -0.1) is 0 Å². The standard InChI is InChI=1S/C25H32N4O3/c1-25(2)14-21-18(22(30)15-25)13-19(23(31)26-21)24(32)29(3)11-7-10-17-12-20(28-27-17)16-8-5-4-6-9-16/h4-6,8-9,13,17,20,27-28H,7,10-12,14-15H2,1-3H3,(H,26,31). The Labute approximate surface area is 188 Å². The van der Waals surface area contributed by atoms with Crippen molar-refractivity contribution in [1.29, 1.82) is 0 Å². The molecule has 32 heavy (non-hydrogen) atoms. The third-order valence-corrected chi connectivity index (χ3v) is 6.52. The van der Waals surface area contributed by atoms with E-state index in [0.29, 0.717) is 36.7 Å². The number of Topliss-reactive ketones (excluding diaryl/α,β-unsaturated/α-hetero) is 1. The van der Waals surface area contributed by atoms with E-state index in [1.165, 1.54) is 11.6 Å². The first-order chi connectivity index (χ1) is 15.2. The highest BCUT2D eigenvalue weighted by molar-refractivity contribution is 6.02. The van der Waals surface area contributed by atoms with E-state index in [1.54, 1.807) is 11.9 Å². The zero-order valence-corrected chi connectivity index (χ0v) is 19.0. The molecule has 7 heteroatoms. The Hall–Kier alpha value is -2.77. The van der Waals surface area contributed by atoms with Crippen molar-refractivity contribution in [2.45, 2.75) is 58.0 Å². The van der Waals surface area contributed by atoms with Gasteiger partial charge in [-0.1, -0.05) is 44.2 Å². The molecule has 1 aliphatic carbocycles. The van der Waals surface area contributed by atoms with Crippen LogP contribution in [0.5, 0.6) is 0 Å². The summed E-state index contributed by atoms with van der Waals surface area (Å²) < 4.78 is 0. The second-order valence-corrected chi connectivity index (χ2v) is 9.90. The number of H-pyrrole nitrogens is 1. The van der Waals surface area contributed by atoms with Gasteiger partial charge in [-0.2, -0.15) is 0 Å². The number of benzene rings is 1. The molecule has 0 saturated carbocycles. The number of amides is 1. The Kier molecular flexibility index (Phi) is 6.31. The van der Waals surface area contributed by atoms with Gasteiger partial charge >= 0.3 is 0 Å². The number of nitrogens with one attached hydrogen (secondary N) is 3. The second-order valence-electron chi connectivity index (χ2n) is 9.90. The van der Waals surface area contributed by atoms with Crippen LogP contribution in [0.1, 0.15) is 77.5 Å². The summed E-state index contributed by atoms with van der Waals surface area (Å²) in [4.78, 5) is 42.4. The summed E-state index contributed by atoms with van der Waals surface area (Å²) in [6.07, 6.45) is 3.77. The molecule has 1 aromatic carbocycles. The topological polar surface area (TPSA) is 94.3 Å². The number of carbonyl (C=O) groups excluding carboxylic acids is 2. The van der Waals surface area contributed by atoms with E-state index >= 15 is 0 Å². The van der Waals surface area contributed by atoms with Crippen molar-refractivity contribution in [1.82, 2.24) is 20.7 Å². The first kappa shape index (κ1) is 22.4. The third-order valence-electron chi connectivity index (χ3n) is 6.52. The molecule has 0 bridgehead atoms. The summed E-state index contributed by atoms with van der Waals surface area (Å²) in [6.45, 7) is 4.57. The van der Waals surface area contributed by atoms with E-state index in [2.05, 4.69) is 28.0 Å². The van der Waals surface area contributed by atoms with E-state index in [4.69, 9.17) is 0 Å². The summed E-state index contributed by atoms with van der Waals surface area (Å²) in [5, 5.41) is 0. The largest absolute Gasteiger partial charge is 0.342 e. The number of ketones is 1. The molecule has 2 aliphatic rings. The molecule has 2 atom stereocenters. The van der Waals surface area contributed by atoms with Crippen molar-refractivity contribution >= 4 is 11.7 Å². The summed E-state index contributed by atoms with van der Waals surface area (Å²) in [5.41, 5.74) is 8.53. The number of aromatic nitrogens is 1. The maximum atomic E-state index is 12.9. The predicted octanol–water partition coefficient (Wildman–Crippen LogP) is 2.99. The van der Waals surface area contributed by atoms with Gasteiger partial charge in [0.2, 0.25) is 0 Å². The van der Waals surface area contributed by atoms with Crippen molar-refractivity contribution in [3.63, 3.8) is 0 Å². The number of rotatable bonds is 6. The zero-order chi connectivity index (χ0) is 22.9. The van der Waals surface area contributed by atoms with Gasteiger partial charge in [0.05, 0.1) is 0 Å². The fourth-order valence-corrected chi connectivity index (χ4v) is 4.78. The van der Waals surface area contributed by atoms with Gasteiger partial charge in [-0.05, 0) is 42.7 Å². The van der Waals surface area contributed by atoms with Crippen molar-refractivity contribution < 1.29 is 9.59 Å². The summed E-state index contributed by atoms with van der Waals surface area (Å²) in [7, 11) is 1.71. The Morgan fingerprint density at radius 2 is 1.88 bits per heavy atom. The van der Waals surface area contributed by atoms with Crippen molar-refractivity contribution in [2.24, 2.45) is 5.41 Å². The Bertz CT molecular complexity index is 1060. The van der Waals surface area contributed by atoms with E-state index in [1.807, 2.05) is 32.0 Å². The van der Waals surface area contributed by atoms with Crippen molar-refractivity contribution in [3.8, 4) is 0 Å². The van der Waals surface area contributed by atoms with E-state index < -0.39 is 5.56 Å². The summed E-state index contributed by atoms with van der Waals surface area (Å²) in [5.74, 6) is -0.358. The number of fused-ring (bicyclic) bond motifs is 1. The molecule has 0 spiro atoms. The smallest absolute Gasteiger partial charge is 0.261 e. The molecule has 2 unspecified atom stereocenters. The Morgan fingerprint density at radius 3 is 2.62 bits per heavy atom.